The molecule has 1 fully saturated rings. The summed E-state index contributed by atoms with van der Waals surface area (Å²) in [5.41, 5.74) is 4.31. The van der Waals surface area contributed by atoms with Crippen LogP contribution in [0.2, 0.25) is 5.02 Å². The summed E-state index contributed by atoms with van der Waals surface area (Å²) in [5.74, 6) is 0.485. The van der Waals surface area contributed by atoms with Gasteiger partial charge in [-0.15, -0.1) is 10.2 Å². The Labute approximate surface area is 173 Å². The molecule has 1 aliphatic carbocycles. The van der Waals surface area contributed by atoms with Crippen molar-refractivity contribution in [3.63, 3.8) is 0 Å². The van der Waals surface area contributed by atoms with Crippen molar-refractivity contribution < 1.29 is 0 Å². The molecule has 1 saturated carbocycles. The van der Waals surface area contributed by atoms with E-state index in [2.05, 4.69) is 22.2 Å². The van der Waals surface area contributed by atoms with Gasteiger partial charge in [0.15, 0.2) is 11.2 Å². The van der Waals surface area contributed by atoms with Crippen molar-refractivity contribution >= 4 is 28.3 Å². The third kappa shape index (κ3) is 2.94. The van der Waals surface area contributed by atoms with Gasteiger partial charge in [0.2, 0.25) is 0 Å². The minimum Gasteiger partial charge on any atom is -0.310 e. The molecule has 2 atom stereocenters. The molecule has 0 amide bonds. The molecule has 0 unspecified atom stereocenters. The van der Waals surface area contributed by atoms with E-state index in [-0.39, 0.29) is 11.6 Å². The normalized spacial score (nSPS) is 19.8. The Kier molecular flexibility index (Phi) is 4.39. The molecule has 29 heavy (non-hydrogen) atoms. The minimum absolute atomic E-state index is 0.0863. The van der Waals surface area contributed by atoms with Crippen molar-refractivity contribution in [2.45, 2.75) is 45.6 Å². The Balaban J connectivity index is 1.70. The van der Waals surface area contributed by atoms with Crippen molar-refractivity contribution in [2.24, 2.45) is 5.92 Å². The lowest BCUT2D eigenvalue weighted by Crippen LogP contribution is -2.31. The largest absolute Gasteiger partial charge is 0.310 e. The number of aryl methyl sites for hydroxylation is 1. The van der Waals surface area contributed by atoms with E-state index < -0.39 is 0 Å². The van der Waals surface area contributed by atoms with Gasteiger partial charge in [0.25, 0.3) is 5.56 Å². The zero-order valence-electron chi connectivity index (χ0n) is 16.5. The number of benzene rings is 1. The number of fused-ring (bicyclic) bond motifs is 3. The Morgan fingerprint density at radius 3 is 2.59 bits per heavy atom. The van der Waals surface area contributed by atoms with Crippen LogP contribution in [0.25, 0.3) is 27.8 Å². The molecule has 0 N–H and O–H groups in total. The number of pyridine rings is 1. The summed E-state index contributed by atoms with van der Waals surface area (Å²) in [5, 5.41) is 14.1. The molecule has 7 heteroatoms. The molecule has 0 radical (unpaired) electrons. The smallest absolute Gasteiger partial charge is 0.280 e. The van der Waals surface area contributed by atoms with Crippen LogP contribution < -0.4 is 5.56 Å². The van der Waals surface area contributed by atoms with Crippen molar-refractivity contribution in [3.05, 3.63) is 57.6 Å². The average Bonchev–Trinajstić information content (AvgIpc) is 3.06. The quantitative estimate of drug-likeness (QED) is 0.478. The summed E-state index contributed by atoms with van der Waals surface area (Å²) in [7, 11) is 0. The maximum Gasteiger partial charge on any atom is 0.280 e. The second-order valence-electron chi connectivity index (χ2n) is 7.99. The van der Waals surface area contributed by atoms with Crippen LogP contribution in [0.3, 0.4) is 0 Å². The van der Waals surface area contributed by atoms with Crippen molar-refractivity contribution in [2.75, 3.05) is 0 Å². The number of aromatic nitrogens is 5. The molecule has 3 heterocycles. The highest BCUT2D eigenvalue weighted by molar-refractivity contribution is 6.30. The number of hydrogen-bond acceptors (Lipinski definition) is 4. The molecule has 3 aromatic heterocycles. The molecule has 148 valence electrons. The highest BCUT2D eigenvalue weighted by Gasteiger charge is 2.25. The highest BCUT2D eigenvalue weighted by atomic mass is 35.5. The molecule has 1 aliphatic rings. The maximum absolute atomic E-state index is 13.2. The summed E-state index contributed by atoms with van der Waals surface area (Å²) in [4.78, 5) is 13.2. The molecule has 5 rings (SSSR count). The van der Waals surface area contributed by atoms with Gasteiger partial charge in [-0.2, -0.15) is 5.10 Å². The van der Waals surface area contributed by atoms with Crippen LogP contribution in [0.1, 0.15) is 44.3 Å². The van der Waals surface area contributed by atoms with E-state index in [0.717, 1.165) is 36.1 Å². The van der Waals surface area contributed by atoms with E-state index >= 15 is 0 Å². The van der Waals surface area contributed by atoms with Gasteiger partial charge < -0.3 is 4.57 Å². The van der Waals surface area contributed by atoms with E-state index in [1.807, 2.05) is 48.0 Å². The first-order valence-corrected chi connectivity index (χ1v) is 10.4. The predicted molar refractivity (Wildman–Crippen MR) is 114 cm³/mol. The van der Waals surface area contributed by atoms with Crippen LogP contribution in [-0.4, -0.2) is 24.4 Å². The minimum atomic E-state index is -0.0863. The molecule has 6 nitrogen and oxygen atoms in total. The van der Waals surface area contributed by atoms with Gasteiger partial charge in [-0.25, -0.2) is 4.52 Å². The Morgan fingerprint density at radius 2 is 1.83 bits per heavy atom. The topological polar surface area (TPSA) is 65.1 Å². The molecule has 0 aliphatic heterocycles. The number of halogens is 1. The maximum atomic E-state index is 13.2. The van der Waals surface area contributed by atoms with Crippen LogP contribution in [0.4, 0.5) is 0 Å². The number of nitrogens with zero attached hydrogens (tertiary/aromatic N) is 5. The van der Waals surface area contributed by atoms with Gasteiger partial charge in [0.05, 0.1) is 11.3 Å². The second kappa shape index (κ2) is 6.95. The Bertz CT molecular complexity index is 1270. The predicted octanol–water partition coefficient (Wildman–Crippen LogP) is 4.82. The summed E-state index contributed by atoms with van der Waals surface area (Å²) in [6.45, 7) is 4.17. The summed E-state index contributed by atoms with van der Waals surface area (Å²) in [6, 6.07) is 9.75. The number of rotatable bonds is 2. The van der Waals surface area contributed by atoms with E-state index in [0.29, 0.717) is 27.6 Å². The standard InChI is InChI=1S/C22H22ClN5O/c1-13-5-3-4-6-17(13)27-12-11-18-20(22(27)29)24-25-21-19(14(2)26-28(18)21)15-7-9-16(23)10-8-15/h7-13,17H,3-6H2,1-2H3/t13-,17-/m1/s1. The van der Waals surface area contributed by atoms with Gasteiger partial charge in [-0.05, 0) is 49.4 Å². The van der Waals surface area contributed by atoms with E-state index in [1.165, 1.54) is 6.42 Å². The molecule has 0 saturated heterocycles. The van der Waals surface area contributed by atoms with Crippen LogP contribution in [-0.2, 0) is 0 Å². The zero-order valence-corrected chi connectivity index (χ0v) is 17.2. The molecular formula is C22H22ClN5O. The Hall–Kier alpha value is -2.73. The lowest BCUT2D eigenvalue weighted by atomic mass is 9.85. The third-order valence-corrected chi connectivity index (χ3v) is 6.39. The van der Waals surface area contributed by atoms with Crippen LogP contribution in [0, 0.1) is 12.8 Å². The zero-order chi connectivity index (χ0) is 20.1. The van der Waals surface area contributed by atoms with Gasteiger partial charge in [-0.1, -0.05) is 43.5 Å². The molecule has 0 bridgehead atoms. The van der Waals surface area contributed by atoms with E-state index in [1.54, 1.807) is 4.52 Å². The van der Waals surface area contributed by atoms with Crippen LogP contribution in [0.15, 0.2) is 41.3 Å². The molecule has 0 spiro atoms. The fourth-order valence-corrected chi connectivity index (χ4v) is 4.72. The van der Waals surface area contributed by atoms with E-state index in [4.69, 9.17) is 11.6 Å². The van der Waals surface area contributed by atoms with Crippen molar-refractivity contribution in [3.8, 4) is 11.1 Å². The van der Waals surface area contributed by atoms with Crippen molar-refractivity contribution in [1.82, 2.24) is 24.4 Å². The van der Waals surface area contributed by atoms with Gasteiger partial charge in [0.1, 0.15) is 5.52 Å². The fourth-order valence-electron chi connectivity index (χ4n) is 4.59. The number of hydrogen-bond donors (Lipinski definition) is 0. The summed E-state index contributed by atoms with van der Waals surface area (Å²) < 4.78 is 3.58. The fraction of sp³-hybridized carbons (Fsp3) is 0.364. The first kappa shape index (κ1) is 18.3. The third-order valence-electron chi connectivity index (χ3n) is 6.14. The van der Waals surface area contributed by atoms with Crippen LogP contribution >= 0.6 is 11.6 Å². The SMILES string of the molecule is Cc1nn2c(nnc3c(=O)n([C@@H]4CCCC[C@H]4C)ccc32)c1-c1ccc(Cl)cc1. The monoisotopic (exact) mass is 407 g/mol. The summed E-state index contributed by atoms with van der Waals surface area (Å²) in [6.07, 6.45) is 6.48. The second-order valence-corrected chi connectivity index (χ2v) is 8.43. The van der Waals surface area contributed by atoms with Crippen LogP contribution in [0.5, 0.6) is 0 Å². The van der Waals surface area contributed by atoms with Gasteiger partial charge in [0, 0.05) is 17.3 Å². The van der Waals surface area contributed by atoms with Gasteiger partial charge in [-0.3, -0.25) is 4.79 Å². The lowest BCUT2D eigenvalue weighted by molar-refractivity contribution is 0.253. The Morgan fingerprint density at radius 1 is 1.07 bits per heavy atom. The molecule has 1 aromatic carbocycles. The summed E-state index contributed by atoms with van der Waals surface area (Å²) >= 11 is 6.03. The first-order chi connectivity index (χ1) is 14.0. The first-order valence-electron chi connectivity index (χ1n) is 10.1. The lowest BCUT2D eigenvalue weighted by Gasteiger charge is -2.30. The molecule has 4 aromatic rings. The average molecular weight is 408 g/mol. The van der Waals surface area contributed by atoms with Crippen molar-refractivity contribution in [1.29, 1.82) is 0 Å². The van der Waals surface area contributed by atoms with E-state index in [9.17, 15) is 4.79 Å². The highest BCUT2D eigenvalue weighted by Crippen LogP contribution is 2.33. The molecular weight excluding hydrogens is 386 g/mol. The van der Waals surface area contributed by atoms with Gasteiger partial charge >= 0.3 is 0 Å².